The third-order valence-electron chi connectivity index (χ3n) is 3.87. The standard InChI is InChI=1S/C19H24N2O4S.C2H2O4/c1-3-25-19(24)17-15(14-7-5-13(2)6-8-14)12-26-18(17)21-16(23)11-20-9-4-10-22;3-1(4)2(5)6/h5-8,12,20,22H,3-4,9-11H2,1-2H3,(H,21,23);(H,3,4)(H,5,6). The summed E-state index contributed by atoms with van der Waals surface area (Å²) < 4.78 is 5.18. The van der Waals surface area contributed by atoms with Crippen molar-refractivity contribution >= 4 is 40.2 Å². The molecule has 0 atom stereocenters. The molecule has 0 fully saturated rings. The number of carbonyl (C=O) groups is 4. The minimum Gasteiger partial charge on any atom is -0.473 e. The van der Waals surface area contributed by atoms with Gasteiger partial charge in [-0.1, -0.05) is 29.8 Å². The Kier molecular flexibility index (Phi) is 11.6. The van der Waals surface area contributed by atoms with E-state index >= 15 is 0 Å². The third-order valence-corrected chi connectivity index (χ3v) is 4.76. The first-order valence-corrected chi connectivity index (χ1v) is 10.5. The van der Waals surface area contributed by atoms with Gasteiger partial charge in [0, 0.05) is 17.6 Å². The van der Waals surface area contributed by atoms with Crippen LogP contribution >= 0.6 is 11.3 Å². The molecule has 2 rings (SSSR count). The van der Waals surface area contributed by atoms with Crippen LogP contribution in [0.3, 0.4) is 0 Å². The normalized spacial score (nSPS) is 9.97. The van der Waals surface area contributed by atoms with Crippen molar-refractivity contribution in [3.63, 3.8) is 0 Å². The van der Waals surface area contributed by atoms with Gasteiger partial charge >= 0.3 is 17.9 Å². The van der Waals surface area contributed by atoms with E-state index in [1.165, 1.54) is 11.3 Å². The van der Waals surface area contributed by atoms with Crippen molar-refractivity contribution < 1.29 is 39.2 Å². The van der Waals surface area contributed by atoms with Gasteiger partial charge in [-0.25, -0.2) is 14.4 Å². The number of aliphatic hydroxyl groups is 1. The van der Waals surface area contributed by atoms with Crippen LogP contribution in [-0.2, 0) is 19.1 Å². The summed E-state index contributed by atoms with van der Waals surface area (Å²) in [6.45, 7) is 4.75. The summed E-state index contributed by atoms with van der Waals surface area (Å²) in [4.78, 5) is 42.8. The lowest BCUT2D eigenvalue weighted by atomic mass is 10.0. The second kappa shape index (κ2) is 13.9. The molecular weight excluding hydrogens is 440 g/mol. The van der Waals surface area contributed by atoms with Crippen LogP contribution in [0.15, 0.2) is 29.6 Å². The Morgan fingerprint density at radius 3 is 2.22 bits per heavy atom. The predicted octanol–water partition coefficient (Wildman–Crippen LogP) is 1.97. The lowest BCUT2D eigenvalue weighted by Crippen LogP contribution is -2.29. The smallest absolute Gasteiger partial charge is 0.414 e. The lowest BCUT2D eigenvalue weighted by molar-refractivity contribution is -0.159. The van der Waals surface area contributed by atoms with Crippen molar-refractivity contribution in [2.24, 2.45) is 0 Å². The van der Waals surface area contributed by atoms with Crippen molar-refractivity contribution in [1.29, 1.82) is 0 Å². The van der Waals surface area contributed by atoms with Gasteiger partial charge in [-0.15, -0.1) is 11.3 Å². The summed E-state index contributed by atoms with van der Waals surface area (Å²) >= 11 is 1.30. The number of ether oxygens (including phenoxy) is 1. The van der Waals surface area contributed by atoms with Gasteiger partial charge in [0.25, 0.3) is 0 Å². The highest BCUT2D eigenvalue weighted by atomic mass is 32.1. The zero-order valence-electron chi connectivity index (χ0n) is 17.7. The molecule has 2 aromatic rings. The highest BCUT2D eigenvalue weighted by Gasteiger charge is 2.22. The maximum atomic E-state index is 12.5. The number of rotatable bonds is 9. The minimum atomic E-state index is -1.82. The monoisotopic (exact) mass is 466 g/mol. The Labute approximate surface area is 188 Å². The fraction of sp³-hybridized carbons (Fsp3) is 0.333. The van der Waals surface area contributed by atoms with E-state index < -0.39 is 17.9 Å². The first-order chi connectivity index (χ1) is 15.2. The second-order valence-corrected chi connectivity index (χ2v) is 7.23. The maximum Gasteiger partial charge on any atom is 0.414 e. The van der Waals surface area contributed by atoms with Gasteiger partial charge in [-0.3, -0.25) is 4.79 Å². The number of aliphatic hydroxyl groups excluding tert-OH is 1. The highest BCUT2D eigenvalue weighted by molar-refractivity contribution is 7.15. The van der Waals surface area contributed by atoms with Gasteiger partial charge in [0.2, 0.25) is 5.91 Å². The molecule has 174 valence electrons. The Morgan fingerprint density at radius 2 is 1.69 bits per heavy atom. The largest absolute Gasteiger partial charge is 0.473 e. The van der Waals surface area contributed by atoms with Crippen molar-refractivity contribution in [2.75, 3.05) is 31.6 Å². The zero-order valence-corrected chi connectivity index (χ0v) is 18.5. The highest BCUT2D eigenvalue weighted by Crippen LogP contribution is 2.36. The molecule has 0 unspecified atom stereocenters. The molecule has 0 saturated heterocycles. The average molecular weight is 467 g/mol. The van der Waals surface area contributed by atoms with Crippen molar-refractivity contribution in [2.45, 2.75) is 20.3 Å². The van der Waals surface area contributed by atoms with Gasteiger partial charge in [0.15, 0.2) is 0 Å². The van der Waals surface area contributed by atoms with Gasteiger partial charge in [-0.2, -0.15) is 0 Å². The van der Waals surface area contributed by atoms with Gasteiger partial charge in [-0.05, 0) is 32.4 Å². The molecule has 0 spiro atoms. The number of hydrogen-bond donors (Lipinski definition) is 5. The quantitative estimate of drug-likeness (QED) is 0.211. The number of carbonyl (C=O) groups excluding carboxylic acids is 2. The molecule has 32 heavy (non-hydrogen) atoms. The van der Waals surface area contributed by atoms with Crippen molar-refractivity contribution in [3.8, 4) is 11.1 Å². The van der Waals surface area contributed by atoms with Crippen LogP contribution in [0.25, 0.3) is 11.1 Å². The number of aliphatic carboxylic acids is 2. The molecule has 0 radical (unpaired) electrons. The van der Waals surface area contributed by atoms with E-state index in [1.54, 1.807) is 6.92 Å². The number of hydrogen-bond acceptors (Lipinski definition) is 8. The van der Waals surface area contributed by atoms with E-state index in [2.05, 4.69) is 10.6 Å². The molecule has 1 heterocycles. The van der Waals surface area contributed by atoms with E-state index in [4.69, 9.17) is 29.6 Å². The number of nitrogens with one attached hydrogen (secondary N) is 2. The first-order valence-electron chi connectivity index (χ1n) is 9.64. The predicted molar refractivity (Wildman–Crippen MR) is 119 cm³/mol. The van der Waals surface area contributed by atoms with Crippen LogP contribution in [0.4, 0.5) is 5.00 Å². The molecular formula is C21H26N2O8S. The molecule has 0 aliphatic heterocycles. The maximum absolute atomic E-state index is 12.5. The lowest BCUT2D eigenvalue weighted by Gasteiger charge is -2.09. The third kappa shape index (κ3) is 8.84. The number of carboxylic acid groups (broad SMARTS) is 2. The second-order valence-electron chi connectivity index (χ2n) is 6.35. The molecule has 0 aliphatic carbocycles. The van der Waals surface area contributed by atoms with Crippen molar-refractivity contribution in [3.05, 3.63) is 40.8 Å². The van der Waals surface area contributed by atoms with Gasteiger partial charge in [0.1, 0.15) is 10.6 Å². The van der Waals surface area contributed by atoms with Crippen LogP contribution < -0.4 is 10.6 Å². The number of amides is 1. The molecule has 1 aromatic heterocycles. The van der Waals surface area contributed by atoms with E-state index in [0.29, 0.717) is 23.5 Å². The number of benzene rings is 1. The summed E-state index contributed by atoms with van der Waals surface area (Å²) in [6, 6.07) is 7.85. The van der Waals surface area contributed by atoms with E-state index in [-0.39, 0.29) is 25.7 Å². The van der Waals surface area contributed by atoms with E-state index in [1.807, 2.05) is 36.6 Å². The number of esters is 1. The first kappa shape index (κ1) is 26.8. The number of anilines is 1. The average Bonchev–Trinajstić information content (AvgIpc) is 3.15. The fourth-order valence-corrected chi connectivity index (χ4v) is 3.35. The molecule has 0 bridgehead atoms. The summed E-state index contributed by atoms with van der Waals surface area (Å²) in [5.74, 6) is -4.34. The van der Waals surface area contributed by atoms with Crippen LogP contribution in [-0.4, -0.2) is 65.4 Å². The minimum absolute atomic E-state index is 0.0759. The van der Waals surface area contributed by atoms with E-state index in [0.717, 1.165) is 16.7 Å². The number of aryl methyl sites for hydroxylation is 1. The van der Waals surface area contributed by atoms with Gasteiger partial charge < -0.3 is 30.7 Å². The summed E-state index contributed by atoms with van der Waals surface area (Å²) in [6.07, 6.45) is 0.581. The zero-order chi connectivity index (χ0) is 24.1. The molecule has 10 nitrogen and oxygen atoms in total. The SMILES string of the molecule is CCOC(=O)c1c(-c2ccc(C)cc2)csc1NC(=O)CNCCCO.O=C(O)C(=O)O. The Bertz CT molecular complexity index is 912. The van der Waals surface area contributed by atoms with Crippen LogP contribution in [0.5, 0.6) is 0 Å². The molecule has 1 amide bonds. The van der Waals surface area contributed by atoms with Crippen LogP contribution in [0.2, 0.25) is 0 Å². The topological polar surface area (TPSA) is 162 Å². The molecule has 5 N–H and O–H groups in total. The molecule has 1 aromatic carbocycles. The fourth-order valence-electron chi connectivity index (χ4n) is 2.38. The summed E-state index contributed by atoms with van der Waals surface area (Å²) in [5.41, 5.74) is 3.15. The number of carboxylic acids is 2. The molecule has 11 heteroatoms. The Balaban J connectivity index is 0.000000751. The Hall–Kier alpha value is -3.28. The van der Waals surface area contributed by atoms with Crippen LogP contribution in [0, 0.1) is 6.92 Å². The van der Waals surface area contributed by atoms with Crippen LogP contribution in [0.1, 0.15) is 29.3 Å². The summed E-state index contributed by atoms with van der Waals surface area (Å²) in [7, 11) is 0. The summed E-state index contributed by atoms with van der Waals surface area (Å²) in [5, 5.41) is 31.6. The van der Waals surface area contributed by atoms with E-state index in [9.17, 15) is 9.59 Å². The van der Waals surface area contributed by atoms with Gasteiger partial charge in [0.05, 0.1) is 13.2 Å². The number of thiophene rings is 1. The van der Waals surface area contributed by atoms with Crippen molar-refractivity contribution in [1.82, 2.24) is 5.32 Å². The Morgan fingerprint density at radius 1 is 1.06 bits per heavy atom. The molecule has 0 saturated carbocycles. The molecule has 0 aliphatic rings.